The number of nitrogens with two attached hydrogens (primary N) is 1. The van der Waals surface area contributed by atoms with Crippen molar-refractivity contribution in [2.45, 2.75) is 12.8 Å². The summed E-state index contributed by atoms with van der Waals surface area (Å²) in [5.41, 5.74) is 7.28. The zero-order valence-corrected chi connectivity index (χ0v) is 11.7. The fourth-order valence-corrected chi connectivity index (χ4v) is 2.75. The van der Waals surface area contributed by atoms with Crippen LogP contribution in [0.5, 0.6) is 5.88 Å². The minimum absolute atomic E-state index is 0.0965. The summed E-state index contributed by atoms with van der Waals surface area (Å²) in [4.78, 5) is 0. The van der Waals surface area contributed by atoms with E-state index in [1.807, 2.05) is 6.07 Å². The molecule has 1 aliphatic rings. The van der Waals surface area contributed by atoms with E-state index in [1.54, 1.807) is 13.0 Å². The number of halogens is 2. The highest BCUT2D eigenvalue weighted by molar-refractivity contribution is 6.31. The molecule has 0 radical (unpaired) electrons. The van der Waals surface area contributed by atoms with Gasteiger partial charge in [-0.1, -0.05) is 17.7 Å². The number of nitrogens with one attached hydrogen (secondary N) is 1. The van der Waals surface area contributed by atoms with Gasteiger partial charge < -0.3 is 10.5 Å². The minimum Gasteiger partial charge on any atom is -0.420 e. The summed E-state index contributed by atoms with van der Waals surface area (Å²) < 4.78 is 19.6. The van der Waals surface area contributed by atoms with E-state index in [0.29, 0.717) is 11.3 Å². The molecule has 7 heteroatoms. The summed E-state index contributed by atoms with van der Waals surface area (Å²) in [5, 5.41) is 16.3. The Morgan fingerprint density at radius 1 is 1.48 bits per heavy atom. The maximum atomic E-state index is 14.3. The van der Waals surface area contributed by atoms with Gasteiger partial charge in [0.1, 0.15) is 17.5 Å². The second kappa shape index (κ2) is 4.79. The topological polar surface area (TPSA) is 87.7 Å². The van der Waals surface area contributed by atoms with Crippen LogP contribution < -0.4 is 10.5 Å². The first-order chi connectivity index (χ1) is 10.0. The average Bonchev–Trinajstić information content (AvgIpc) is 2.79. The summed E-state index contributed by atoms with van der Waals surface area (Å²) in [7, 11) is 0. The third kappa shape index (κ3) is 1.94. The van der Waals surface area contributed by atoms with Gasteiger partial charge in [-0.25, -0.2) is 4.39 Å². The Morgan fingerprint density at radius 2 is 2.24 bits per heavy atom. The largest absolute Gasteiger partial charge is 0.420 e. The maximum absolute atomic E-state index is 14.3. The van der Waals surface area contributed by atoms with Crippen LogP contribution >= 0.6 is 11.6 Å². The van der Waals surface area contributed by atoms with Gasteiger partial charge >= 0.3 is 0 Å². The number of rotatable bonds is 1. The first-order valence-corrected chi connectivity index (χ1v) is 6.48. The number of H-pyrrole nitrogens is 1. The van der Waals surface area contributed by atoms with Crippen molar-refractivity contribution in [3.05, 3.63) is 57.3 Å². The molecule has 0 saturated heterocycles. The van der Waals surface area contributed by atoms with Gasteiger partial charge in [-0.3, -0.25) is 5.10 Å². The molecule has 0 saturated carbocycles. The third-order valence-corrected chi connectivity index (χ3v) is 3.75. The van der Waals surface area contributed by atoms with Crippen LogP contribution in [0.4, 0.5) is 4.39 Å². The molecule has 0 fully saturated rings. The quantitative estimate of drug-likeness (QED) is 0.848. The van der Waals surface area contributed by atoms with Crippen molar-refractivity contribution in [3.8, 4) is 11.9 Å². The summed E-state index contributed by atoms with van der Waals surface area (Å²) in [6, 6.07) is 6.33. The standard InChI is InChI=1S/C14H10ClFN4O/c1-6-10-11(12-8(15)3-2-4-9(12)16)7(5-17)13(18)21-14(10)20-19-6/h2-4,11H,18H2,1H3,(H,19,20)/t11-/m0/s1. The molecule has 3 rings (SSSR count). The zero-order valence-electron chi connectivity index (χ0n) is 10.9. The molecule has 0 amide bonds. The van der Waals surface area contributed by atoms with Gasteiger partial charge in [0, 0.05) is 21.8 Å². The van der Waals surface area contributed by atoms with Crippen LogP contribution in [0.2, 0.25) is 5.02 Å². The first-order valence-electron chi connectivity index (χ1n) is 6.11. The number of ether oxygens (including phenoxy) is 1. The number of fused-ring (bicyclic) bond motifs is 1. The summed E-state index contributed by atoms with van der Waals surface area (Å²) in [5.74, 6) is -1.12. The highest BCUT2D eigenvalue weighted by atomic mass is 35.5. The number of aromatic nitrogens is 2. The van der Waals surface area contributed by atoms with Crippen molar-refractivity contribution in [1.29, 1.82) is 5.26 Å². The van der Waals surface area contributed by atoms with E-state index < -0.39 is 11.7 Å². The Labute approximate surface area is 124 Å². The number of nitriles is 1. The van der Waals surface area contributed by atoms with Gasteiger partial charge in [0.25, 0.3) is 0 Å². The fourth-order valence-electron chi connectivity index (χ4n) is 2.47. The molecule has 0 aliphatic carbocycles. The van der Waals surface area contributed by atoms with Gasteiger partial charge in [-0.2, -0.15) is 5.26 Å². The maximum Gasteiger partial charge on any atom is 0.244 e. The Balaban J connectivity index is 2.33. The summed E-state index contributed by atoms with van der Waals surface area (Å²) >= 11 is 6.13. The predicted octanol–water partition coefficient (Wildman–Crippen LogP) is 2.73. The Kier molecular flexibility index (Phi) is 3.07. The van der Waals surface area contributed by atoms with Crippen molar-refractivity contribution in [1.82, 2.24) is 10.2 Å². The van der Waals surface area contributed by atoms with E-state index in [1.165, 1.54) is 12.1 Å². The molecule has 5 nitrogen and oxygen atoms in total. The zero-order chi connectivity index (χ0) is 15.1. The second-order valence-electron chi connectivity index (χ2n) is 4.63. The van der Waals surface area contributed by atoms with Crippen LogP contribution in [0.3, 0.4) is 0 Å². The number of benzene rings is 1. The lowest BCUT2D eigenvalue weighted by Crippen LogP contribution is -2.21. The molecule has 21 heavy (non-hydrogen) atoms. The number of aryl methyl sites for hydroxylation is 1. The molecule has 2 heterocycles. The van der Waals surface area contributed by atoms with Crippen molar-refractivity contribution >= 4 is 11.6 Å². The molecule has 1 aromatic heterocycles. The lowest BCUT2D eigenvalue weighted by molar-refractivity contribution is 0.378. The monoisotopic (exact) mass is 304 g/mol. The van der Waals surface area contributed by atoms with E-state index in [9.17, 15) is 9.65 Å². The SMILES string of the molecule is Cc1[nH]nc2c1[C@@H](c1c(F)cccc1Cl)C(C#N)=C(N)O2. The van der Waals surface area contributed by atoms with E-state index in [4.69, 9.17) is 22.1 Å². The predicted molar refractivity (Wildman–Crippen MR) is 74.0 cm³/mol. The fraction of sp³-hybridized carbons (Fsp3) is 0.143. The highest BCUT2D eigenvalue weighted by Gasteiger charge is 2.36. The van der Waals surface area contributed by atoms with E-state index in [-0.39, 0.29) is 27.9 Å². The van der Waals surface area contributed by atoms with Gasteiger partial charge in [0.15, 0.2) is 0 Å². The van der Waals surface area contributed by atoms with Gasteiger partial charge in [0.05, 0.1) is 5.92 Å². The van der Waals surface area contributed by atoms with E-state index in [0.717, 1.165) is 0 Å². The number of nitrogens with zero attached hydrogens (tertiary/aromatic N) is 2. The molecular weight excluding hydrogens is 295 g/mol. The molecule has 106 valence electrons. The van der Waals surface area contributed by atoms with Gasteiger partial charge in [-0.15, -0.1) is 5.10 Å². The Hall–Kier alpha value is -2.52. The lowest BCUT2D eigenvalue weighted by Gasteiger charge is -2.24. The average molecular weight is 305 g/mol. The Morgan fingerprint density at radius 3 is 2.90 bits per heavy atom. The second-order valence-corrected chi connectivity index (χ2v) is 5.03. The third-order valence-electron chi connectivity index (χ3n) is 3.42. The van der Waals surface area contributed by atoms with Gasteiger partial charge in [0.2, 0.25) is 11.8 Å². The molecule has 1 aliphatic heterocycles. The number of hydrogen-bond acceptors (Lipinski definition) is 4. The van der Waals surface area contributed by atoms with Crippen LogP contribution in [-0.2, 0) is 0 Å². The summed E-state index contributed by atoms with van der Waals surface area (Å²) in [6.45, 7) is 1.76. The Bertz CT molecular complexity index is 786. The lowest BCUT2D eigenvalue weighted by atomic mass is 9.84. The molecule has 0 unspecified atom stereocenters. The highest BCUT2D eigenvalue weighted by Crippen LogP contribution is 2.45. The van der Waals surface area contributed by atoms with E-state index >= 15 is 0 Å². The van der Waals surface area contributed by atoms with Crippen molar-refractivity contribution in [2.24, 2.45) is 5.73 Å². The number of allylic oxidation sites excluding steroid dienone is 1. The van der Waals surface area contributed by atoms with Crippen molar-refractivity contribution < 1.29 is 9.13 Å². The van der Waals surface area contributed by atoms with E-state index in [2.05, 4.69) is 10.2 Å². The molecular formula is C14H10ClFN4O. The molecule has 0 bridgehead atoms. The number of hydrogen-bond donors (Lipinski definition) is 2. The minimum atomic E-state index is -0.744. The van der Waals surface area contributed by atoms with Crippen molar-refractivity contribution in [2.75, 3.05) is 0 Å². The molecule has 2 aromatic rings. The van der Waals surface area contributed by atoms with Crippen molar-refractivity contribution in [3.63, 3.8) is 0 Å². The molecule has 1 aromatic carbocycles. The normalized spacial score (nSPS) is 17.1. The van der Waals surface area contributed by atoms with Crippen LogP contribution in [-0.4, -0.2) is 10.2 Å². The van der Waals surface area contributed by atoms with Crippen LogP contribution in [0.15, 0.2) is 29.7 Å². The number of aromatic amines is 1. The molecule has 1 atom stereocenters. The summed E-state index contributed by atoms with van der Waals surface area (Å²) in [6.07, 6.45) is 0. The van der Waals surface area contributed by atoms with Crippen LogP contribution in [0.1, 0.15) is 22.7 Å². The molecule has 3 N–H and O–H groups in total. The smallest absolute Gasteiger partial charge is 0.244 e. The first kappa shape index (κ1) is 13.5. The molecule has 0 spiro atoms. The van der Waals surface area contributed by atoms with Crippen LogP contribution in [0, 0.1) is 24.1 Å². The van der Waals surface area contributed by atoms with Crippen LogP contribution in [0.25, 0.3) is 0 Å². The van der Waals surface area contributed by atoms with Gasteiger partial charge in [-0.05, 0) is 19.1 Å².